The summed E-state index contributed by atoms with van der Waals surface area (Å²) in [6, 6.07) is 11.4. The van der Waals surface area contributed by atoms with E-state index in [0.29, 0.717) is 23.1 Å². The fraction of sp³-hybridized carbons (Fsp3) is 0.333. The Morgan fingerprint density at radius 2 is 1.85 bits per heavy atom. The van der Waals surface area contributed by atoms with Gasteiger partial charge < -0.3 is 9.88 Å². The van der Waals surface area contributed by atoms with Crippen LogP contribution in [0.25, 0.3) is 10.9 Å². The summed E-state index contributed by atoms with van der Waals surface area (Å²) in [5.74, 6) is 0. The smallest absolute Gasteiger partial charge is 0.243 e. The van der Waals surface area contributed by atoms with Gasteiger partial charge in [-0.15, -0.1) is 0 Å². The zero-order chi connectivity index (χ0) is 23.6. The number of fused-ring (bicyclic) bond motifs is 1. The van der Waals surface area contributed by atoms with Crippen LogP contribution in [0.2, 0.25) is 0 Å². The lowest BCUT2D eigenvalue weighted by Gasteiger charge is -2.25. The number of hydrogen-bond donors (Lipinski definition) is 2. The highest BCUT2D eigenvalue weighted by Crippen LogP contribution is 2.26. The van der Waals surface area contributed by atoms with E-state index < -0.39 is 10.0 Å². The Hall–Kier alpha value is -2.75. The Labute approximate surface area is 200 Å². The first kappa shape index (κ1) is 23.4. The van der Waals surface area contributed by atoms with E-state index in [1.807, 2.05) is 49.9 Å². The number of hydrazone groups is 1. The minimum absolute atomic E-state index is 0.317. The number of anilines is 1. The summed E-state index contributed by atoms with van der Waals surface area (Å²) in [4.78, 5) is 0.317. The number of aromatic nitrogens is 1. The number of benzene rings is 2. The Balaban J connectivity index is 1.54. The first-order valence-corrected chi connectivity index (χ1v) is 12.9. The fourth-order valence-electron chi connectivity index (χ4n) is 4.10. The third-order valence-corrected chi connectivity index (χ3v) is 8.04. The third-order valence-electron chi connectivity index (χ3n) is 5.96. The highest BCUT2D eigenvalue weighted by Gasteiger charge is 2.26. The zero-order valence-corrected chi connectivity index (χ0v) is 20.8. The molecule has 9 heteroatoms. The average molecular weight is 484 g/mol. The van der Waals surface area contributed by atoms with Crippen LogP contribution in [-0.2, 0) is 17.1 Å². The monoisotopic (exact) mass is 483 g/mol. The van der Waals surface area contributed by atoms with Gasteiger partial charge in [0.15, 0.2) is 5.11 Å². The van der Waals surface area contributed by atoms with E-state index in [-0.39, 0.29) is 0 Å². The van der Waals surface area contributed by atoms with Crippen molar-refractivity contribution < 1.29 is 8.42 Å². The minimum Gasteiger partial charge on any atom is -0.350 e. The van der Waals surface area contributed by atoms with E-state index in [9.17, 15) is 8.42 Å². The maximum Gasteiger partial charge on any atom is 0.243 e. The van der Waals surface area contributed by atoms with E-state index in [1.54, 1.807) is 22.7 Å². The molecule has 1 aromatic heterocycles. The summed E-state index contributed by atoms with van der Waals surface area (Å²) >= 11 is 5.37. The van der Waals surface area contributed by atoms with E-state index in [0.717, 1.165) is 52.5 Å². The van der Waals surface area contributed by atoms with Gasteiger partial charge in [0.2, 0.25) is 10.0 Å². The predicted octanol–water partition coefficient (Wildman–Crippen LogP) is 4.29. The zero-order valence-electron chi connectivity index (χ0n) is 19.1. The molecule has 0 spiro atoms. The number of aryl methyl sites for hydroxylation is 3. The van der Waals surface area contributed by atoms with Crippen molar-refractivity contribution >= 4 is 50.2 Å². The van der Waals surface area contributed by atoms with Gasteiger partial charge in [-0.2, -0.15) is 9.41 Å². The van der Waals surface area contributed by atoms with Crippen LogP contribution in [0.3, 0.4) is 0 Å². The molecule has 33 heavy (non-hydrogen) atoms. The van der Waals surface area contributed by atoms with Crippen molar-refractivity contribution in [2.24, 2.45) is 12.1 Å². The number of rotatable bonds is 5. The first-order valence-electron chi connectivity index (χ1n) is 11.0. The Bertz CT molecular complexity index is 1320. The lowest BCUT2D eigenvalue weighted by Crippen LogP contribution is -2.35. The maximum atomic E-state index is 13.1. The van der Waals surface area contributed by atoms with Crippen molar-refractivity contribution in [2.75, 3.05) is 18.4 Å². The highest BCUT2D eigenvalue weighted by molar-refractivity contribution is 7.89. The van der Waals surface area contributed by atoms with E-state index >= 15 is 0 Å². The minimum atomic E-state index is -3.50. The van der Waals surface area contributed by atoms with Crippen molar-refractivity contribution in [2.45, 2.75) is 38.0 Å². The quantitative estimate of drug-likeness (QED) is 0.322. The lowest BCUT2D eigenvalue weighted by atomic mass is 10.1. The summed E-state index contributed by atoms with van der Waals surface area (Å²) in [6.45, 7) is 5.20. The summed E-state index contributed by atoms with van der Waals surface area (Å²) in [5, 5.41) is 8.66. The van der Waals surface area contributed by atoms with Gasteiger partial charge in [0.1, 0.15) is 0 Å². The second-order valence-corrected chi connectivity index (χ2v) is 10.8. The van der Waals surface area contributed by atoms with E-state index in [2.05, 4.69) is 21.9 Å². The normalized spacial score (nSPS) is 15.2. The summed E-state index contributed by atoms with van der Waals surface area (Å²) in [5.41, 5.74) is 7.76. The average Bonchev–Trinajstić information content (AvgIpc) is 3.12. The number of thiocarbonyl (C=S) groups is 1. The second-order valence-electron chi connectivity index (χ2n) is 8.48. The highest BCUT2D eigenvalue weighted by atomic mass is 32.2. The molecule has 1 aliphatic rings. The molecule has 0 aliphatic carbocycles. The predicted molar refractivity (Wildman–Crippen MR) is 138 cm³/mol. The topological polar surface area (TPSA) is 78.7 Å². The molecular formula is C24H29N5O2S2. The van der Waals surface area contributed by atoms with Crippen LogP contribution >= 0.6 is 12.2 Å². The molecule has 3 aromatic rings. The van der Waals surface area contributed by atoms with Gasteiger partial charge >= 0.3 is 0 Å². The Morgan fingerprint density at radius 3 is 2.61 bits per heavy atom. The van der Waals surface area contributed by atoms with Crippen molar-refractivity contribution in [1.29, 1.82) is 0 Å². The maximum absolute atomic E-state index is 13.1. The molecule has 7 nitrogen and oxygen atoms in total. The molecule has 174 valence electrons. The van der Waals surface area contributed by atoms with Crippen LogP contribution in [0.4, 0.5) is 5.69 Å². The number of piperidine rings is 1. The van der Waals surface area contributed by atoms with Crippen LogP contribution in [0.1, 0.15) is 36.0 Å². The first-order chi connectivity index (χ1) is 15.8. The number of sulfonamides is 1. The molecule has 4 rings (SSSR count). The van der Waals surface area contributed by atoms with Crippen LogP contribution in [0.15, 0.2) is 52.6 Å². The van der Waals surface area contributed by atoms with Crippen molar-refractivity contribution in [3.8, 4) is 0 Å². The molecule has 1 fully saturated rings. The molecule has 2 N–H and O–H groups in total. The molecule has 0 saturated carbocycles. The summed E-state index contributed by atoms with van der Waals surface area (Å²) in [6.07, 6.45) is 6.49. The number of nitrogens with one attached hydrogen (secondary N) is 2. The molecule has 0 radical (unpaired) electrons. The molecule has 0 bridgehead atoms. The van der Waals surface area contributed by atoms with E-state index in [4.69, 9.17) is 12.2 Å². The summed E-state index contributed by atoms with van der Waals surface area (Å²) in [7, 11) is -1.57. The summed E-state index contributed by atoms with van der Waals surface area (Å²) < 4.78 is 29.8. The third kappa shape index (κ3) is 5.10. The molecule has 2 aromatic carbocycles. The molecule has 0 unspecified atom stereocenters. The van der Waals surface area contributed by atoms with Crippen molar-refractivity contribution in [3.05, 3.63) is 59.3 Å². The van der Waals surface area contributed by atoms with Gasteiger partial charge in [0, 0.05) is 48.5 Å². The largest absolute Gasteiger partial charge is 0.350 e. The van der Waals surface area contributed by atoms with E-state index in [1.165, 1.54) is 0 Å². The molecular weight excluding hydrogens is 454 g/mol. The van der Waals surface area contributed by atoms with Gasteiger partial charge in [-0.25, -0.2) is 8.42 Å². The number of hydrogen-bond acceptors (Lipinski definition) is 4. The van der Waals surface area contributed by atoms with Crippen molar-refractivity contribution in [3.63, 3.8) is 0 Å². The van der Waals surface area contributed by atoms with Gasteiger partial charge in [-0.05, 0) is 74.3 Å². The van der Waals surface area contributed by atoms with Gasteiger partial charge in [-0.3, -0.25) is 5.43 Å². The van der Waals surface area contributed by atoms with Gasteiger partial charge in [0.25, 0.3) is 0 Å². The van der Waals surface area contributed by atoms with Crippen LogP contribution < -0.4 is 10.7 Å². The van der Waals surface area contributed by atoms with Crippen LogP contribution in [-0.4, -0.2) is 41.7 Å². The van der Waals surface area contributed by atoms with Crippen LogP contribution in [0.5, 0.6) is 0 Å². The SMILES string of the molecule is Cc1ccc(C)c(NC(=S)N/N=C/c2cn(C)c3ccc(S(=O)(=O)N4CCCCC4)cc23)c1. The molecule has 1 saturated heterocycles. The molecule has 0 amide bonds. The van der Waals surface area contributed by atoms with Gasteiger partial charge in [-0.1, -0.05) is 18.6 Å². The van der Waals surface area contributed by atoms with Gasteiger partial charge in [0.05, 0.1) is 11.1 Å². The Morgan fingerprint density at radius 1 is 1.09 bits per heavy atom. The molecule has 1 aliphatic heterocycles. The second kappa shape index (κ2) is 9.62. The molecule has 0 atom stereocenters. The fourth-order valence-corrected chi connectivity index (χ4v) is 5.81. The standard InChI is InChI=1S/C24H29N5O2S2/c1-17-7-8-18(2)22(13-17)26-24(32)27-25-15-19-16-28(3)23-10-9-20(14-21(19)23)33(30,31)29-11-5-4-6-12-29/h7-10,13-16H,4-6,11-12H2,1-3H3,(H2,26,27,32)/b25-15+. The van der Waals surface area contributed by atoms with Crippen LogP contribution in [0, 0.1) is 13.8 Å². The lowest BCUT2D eigenvalue weighted by molar-refractivity contribution is 0.346. The Kier molecular flexibility index (Phi) is 6.83. The molecule has 2 heterocycles. The van der Waals surface area contributed by atoms with Crippen molar-refractivity contribution in [1.82, 2.24) is 14.3 Å². The number of nitrogens with zero attached hydrogens (tertiary/aromatic N) is 3.